The van der Waals surface area contributed by atoms with Gasteiger partial charge in [-0.1, -0.05) is 0 Å². The molecular weight excluding hydrogens is 287 g/mol. The molecule has 0 radical (unpaired) electrons. The van der Waals surface area contributed by atoms with Crippen LogP contribution in [0.5, 0.6) is 0 Å². The summed E-state index contributed by atoms with van der Waals surface area (Å²) < 4.78 is 49.5. The van der Waals surface area contributed by atoms with Gasteiger partial charge in [-0.25, -0.2) is 4.98 Å². The molecule has 2 fully saturated rings. The lowest BCUT2D eigenvalue weighted by Crippen LogP contribution is -2.45. The standard InChI is InChI=1S/C13H16F3N3O2/c14-13(15,16)9-7-10(11(17)18-8-9)19-3-1-12(2-4-19)20-5-6-21-12/h7-8H,1-6H2,(H2,17,18). The van der Waals surface area contributed by atoms with E-state index in [-0.39, 0.29) is 5.82 Å². The number of nitrogen functional groups attached to an aromatic ring is 1. The first-order chi connectivity index (χ1) is 9.90. The van der Waals surface area contributed by atoms with Gasteiger partial charge >= 0.3 is 6.18 Å². The molecule has 2 aliphatic heterocycles. The lowest BCUT2D eigenvalue weighted by atomic mass is 10.0. The van der Waals surface area contributed by atoms with Crippen molar-refractivity contribution in [1.82, 2.24) is 4.98 Å². The lowest BCUT2D eigenvalue weighted by molar-refractivity contribution is -0.169. The summed E-state index contributed by atoms with van der Waals surface area (Å²) in [6.45, 7) is 2.17. The van der Waals surface area contributed by atoms with E-state index in [0.29, 0.717) is 44.8 Å². The number of rotatable bonds is 1. The Balaban J connectivity index is 1.78. The second-order valence-corrected chi connectivity index (χ2v) is 5.22. The molecule has 3 heterocycles. The highest BCUT2D eigenvalue weighted by Gasteiger charge is 2.40. The summed E-state index contributed by atoms with van der Waals surface area (Å²) in [6.07, 6.45) is -2.47. The van der Waals surface area contributed by atoms with Gasteiger partial charge in [-0.15, -0.1) is 0 Å². The van der Waals surface area contributed by atoms with Crippen molar-refractivity contribution in [1.29, 1.82) is 0 Å². The Labute approximate surface area is 119 Å². The second kappa shape index (κ2) is 5.03. The van der Waals surface area contributed by atoms with Crippen LogP contribution in [0, 0.1) is 0 Å². The Hall–Kier alpha value is -1.54. The molecule has 0 bridgehead atoms. The summed E-state index contributed by atoms with van der Waals surface area (Å²) in [7, 11) is 0. The summed E-state index contributed by atoms with van der Waals surface area (Å²) in [6, 6.07) is 1.05. The van der Waals surface area contributed by atoms with Crippen LogP contribution in [0.3, 0.4) is 0 Å². The van der Waals surface area contributed by atoms with Crippen LogP contribution in [0.4, 0.5) is 24.7 Å². The van der Waals surface area contributed by atoms with E-state index in [2.05, 4.69) is 4.98 Å². The van der Waals surface area contributed by atoms with E-state index < -0.39 is 17.5 Å². The van der Waals surface area contributed by atoms with E-state index in [1.807, 2.05) is 0 Å². The summed E-state index contributed by atoms with van der Waals surface area (Å²) in [5.41, 5.74) is 5.25. The molecule has 5 nitrogen and oxygen atoms in total. The first-order valence-electron chi connectivity index (χ1n) is 6.75. The van der Waals surface area contributed by atoms with Crippen molar-refractivity contribution in [3.05, 3.63) is 17.8 Å². The monoisotopic (exact) mass is 303 g/mol. The van der Waals surface area contributed by atoms with Gasteiger partial charge in [0.05, 0.1) is 24.5 Å². The highest BCUT2D eigenvalue weighted by molar-refractivity contribution is 5.64. The number of piperidine rings is 1. The summed E-state index contributed by atoms with van der Waals surface area (Å²) in [4.78, 5) is 5.46. The quantitative estimate of drug-likeness (QED) is 0.860. The van der Waals surface area contributed by atoms with Crippen molar-refractivity contribution in [2.24, 2.45) is 0 Å². The molecule has 0 unspecified atom stereocenters. The van der Waals surface area contributed by atoms with Gasteiger partial charge < -0.3 is 20.1 Å². The molecule has 21 heavy (non-hydrogen) atoms. The molecule has 1 aromatic rings. The third kappa shape index (κ3) is 2.77. The van der Waals surface area contributed by atoms with E-state index >= 15 is 0 Å². The number of aromatic nitrogens is 1. The number of nitrogens with zero attached hydrogens (tertiary/aromatic N) is 2. The summed E-state index contributed by atoms with van der Waals surface area (Å²) >= 11 is 0. The molecule has 2 N–H and O–H groups in total. The van der Waals surface area contributed by atoms with Crippen LogP contribution in [0.25, 0.3) is 0 Å². The number of alkyl halides is 3. The fourth-order valence-corrected chi connectivity index (χ4v) is 2.75. The fraction of sp³-hybridized carbons (Fsp3) is 0.615. The van der Waals surface area contributed by atoms with Crippen molar-refractivity contribution in [3.63, 3.8) is 0 Å². The van der Waals surface area contributed by atoms with Gasteiger partial charge in [-0.3, -0.25) is 0 Å². The fourth-order valence-electron chi connectivity index (χ4n) is 2.75. The number of ether oxygens (including phenoxy) is 2. The molecule has 3 rings (SSSR count). The Kier molecular flexibility index (Phi) is 3.45. The van der Waals surface area contributed by atoms with Crippen molar-refractivity contribution >= 4 is 11.5 Å². The molecule has 0 aliphatic carbocycles. The van der Waals surface area contributed by atoms with Crippen molar-refractivity contribution in [2.75, 3.05) is 36.9 Å². The average molecular weight is 303 g/mol. The number of hydrogen-bond donors (Lipinski definition) is 1. The van der Waals surface area contributed by atoms with E-state index in [4.69, 9.17) is 15.2 Å². The third-order valence-electron chi connectivity index (χ3n) is 3.90. The van der Waals surface area contributed by atoms with Gasteiger partial charge in [0.25, 0.3) is 0 Å². The molecule has 1 spiro atoms. The SMILES string of the molecule is Nc1ncc(C(F)(F)F)cc1N1CCC2(CC1)OCCO2. The van der Waals surface area contributed by atoms with Crippen LogP contribution >= 0.6 is 0 Å². The molecule has 116 valence electrons. The summed E-state index contributed by atoms with van der Waals surface area (Å²) in [5, 5.41) is 0. The van der Waals surface area contributed by atoms with E-state index in [9.17, 15) is 13.2 Å². The Morgan fingerprint density at radius 3 is 2.38 bits per heavy atom. The molecule has 0 atom stereocenters. The van der Waals surface area contributed by atoms with Crippen molar-refractivity contribution in [2.45, 2.75) is 24.8 Å². The Morgan fingerprint density at radius 1 is 1.19 bits per heavy atom. The van der Waals surface area contributed by atoms with Crippen LogP contribution in [0.2, 0.25) is 0 Å². The second-order valence-electron chi connectivity index (χ2n) is 5.22. The predicted molar refractivity (Wildman–Crippen MR) is 69.7 cm³/mol. The van der Waals surface area contributed by atoms with Crippen LogP contribution in [-0.2, 0) is 15.7 Å². The van der Waals surface area contributed by atoms with E-state index in [1.165, 1.54) is 0 Å². The number of nitrogens with two attached hydrogens (primary N) is 1. The van der Waals surface area contributed by atoms with Gasteiger partial charge in [0.15, 0.2) is 5.79 Å². The van der Waals surface area contributed by atoms with Gasteiger partial charge in [0, 0.05) is 32.1 Å². The van der Waals surface area contributed by atoms with Crippen LogP contribution in [-0.4, -0.2) is 37.1 Å². The Morgan fingerprint density at radius 2 is 1.81 bits per heavy atom. The number of hydrogen-bond acceptors (Lipinski definition) is 5. The molecule has 0 aromatic carbocycles. The maximum Gasteiger partial charge on any atom is 0.417 e. The molecular formula is C13H16F3N3O2. The maximum absolute atomic E-state index is 12.8. The first kappa shape index (κ1) is 14.4. The highest BCUT2D eigenvalue weighted by Crippen LogP contribution is 2.37. The van der Waals surface area contributed by atoms with Crippen LogP contribution in [0.1, 0.15) is 18.4 Å². The number of pyridine rings is 1. The molecule has 8 heteroatoms. The number of anilines is 2. The normalized spacial score (nSPS) is 22.0. The molecule has 2 saturated heterocycles. The largest absolute Gasteiger partial charge is 0.417 e. The third-order valence-corrected chi connectivity index (χ3v) is 3.90. The smallest absolute Gasteiger partial charge is 0.382 e. The molecule has 2 aliphatic rings. The molecule has 1 aromatic heterocycles. The minimum atomic E-state index is -4.43. The minimum absolute atomic E-state index is 0.104. The minimum Gasteiger partial charge on any atom is -0.382 e. The predicted octanol–water partition coefficient (Wildman–Crippen LogP) is 2.03. The lowest BCUT2D eigenvalue weighted by Gasteiger charge is -2.39. The van der Waals surface area contributed by atoms with E-state index in [1.54, 1.807) is 4.90 Å². The maximum atomic E-state index is 12.8. The van der Waals surface area contributed by atoms with E-state index in [0.717, 1.165) is 12.3 Å². The van der Waals surface area contributed by atoms with Crippen molar-refractivity contribution in [3.8, 4) is 0 Å². The zero-order valence-corrected chi connectivity index (χ0v) is 11.3. The Bertz CT molecular complexity index is 520. The van der Waals surface area contributed by atoms with Crippen LogP contribution in [0.15, 0.2) is 12.3 Å². The molecule has 0 amide bonds. The van der Waals surface area contributed by atoms with Crippen molar-refractivity contribution < 1.29 is 22.6 Å². The number of halogens is 3. The van der Waals surface area contributed by atoms with Gasteiger partial charge in [-0.05, 0) is 6.07 Å². The zero-order chi connectivity index (χ0) is 15.1. The van der Waals surface area contributed by atoms with Gasteiger partial charge in [0.2, 0.25) is 0 Å². The first-order valence-corrected chi connectivity index (χ1v) is 6.75. The topological polar surface area (TPSA) is 60.6 Å². The molecule has 0 saturated carbocycles. The van der Waals surface area contributed by atoms with Crippen LogP contribution < -0.4 is 10.6 Å². The van der Waals surface area contributed by atoms with Gasteiger partial charge in [0.1, 0.15) is 5.82 Å². The zero-order valence-electron chi connectivity index (χ0n) is 11.3. The highest BCUT2D eigenvalue weighted by atomic mass is 19.4. The van der Waals surface area contributed by atoms with Gasteiger partial charge in [-0.2, -0.15) is 13.2 Å². The summed E-state index contributed by atoms with van der Waals surface area (Å²) in [5.74, 6) is -0.465. The average Bonchev–Trinajstić information content (AvgIpc) is 2.88.